The zero-order valence-electron chi connectivity index (χ0n) is 52.5. The number of hydrogen-bond donors (Lipinski definition) is 5. The molecule has 1 saturated carbocycles. The van der Waals surface area contributed by atoms with Gasteiger partial charge in [-0.3, -0.25) is 24.0 Å². The van der Waals surface area contributed by atoms with Crippen molar-refractivity contribution in [3.05, 3.63) is 65.6 Å². The maximum Gasteiger partial charge on any atom is 0.329 e. The maximum atomic E-state index is 14.6. The molecule has 2 amide bonds. The van der Waals surface area contributed by atoms with E-state index in [4.69, 9.17) is 46.4 Å². The molecule has 4 aliphatic heterocycles. The molecule has 484 valence electrons. The molecule has 5 aliphatic rings. The highest BCUT2D eigenvalue weighted by Crippen LogP contribution is 2.38. The number of amides is 2. The predicted molar refractivity (Wildman–Crippen MR) is 329 cm³/mol. The molecule has 1 aliphatic carbocycles. The number of nitrogens with one attached hydrogen (secondary N) is 1. The number of aliphatic hydroxyl groups is 3. The first kappa shape index (κ1) is 70.7. The molecule has 0 radical (unpaired) electrons. The Balaban J connectivity index is 1.15. The molecule has 15 atom stereocenters. The summed E-state index contributed by atoms with van der Waals surface area (Å²) in [5.74, 6) is -8.36. The third-order valence-electron chi connectivity index (χ3n) is 17.9. The van der Waals surface area contributed by atoms with Crippen LogP contribution in [0.1, 0.15) is 138 Å². The van der Waals surface area contributed by atoms with Crippen molar-refractivity contribution >= 4 is 58.5 Å². The Morgan fingerprint density at radius 1 is 0.874 bits per heavy atom. The number of piperazine rings is 1. The summed E-state index contributed by atoms with van der Waals surface area (Å²) in [5.41, 5.74) is 8.85. The SMILES string of the molecule is CCOCCC(=O)N1CCN(c2ncc(CNC(=S)O[C@@H]3CC[C@@H](C[C@@H](N)[C@@H]4CC(=O)[C@H](C)/C=C(\C)[C@@H](O)[C@@H](O)C(=O)[C@H](C)C[C@H](C)/C=C/C=C/C=C(\C)[C@@H](OC)C[C@@H]5CC[C@@H](C)[C@@](O)(O5)C(=O)C(=O)N5CCCC[C@H]5C(=O)O4)C[C@H]3OC)cn2)CC1. The van der Waals surface area contributed by atoms with Gasteiger partial charge >= 0.3 is 5.97 Å². The van der Waals surface area contributed by atoms with Crippen molar-refractivity contribution < 1.29 is 72.5 Å². The number of thiocarbonyl (C=S) groups is 1. The number of aromatic nitrogens is 2. The first-order valence-corrected chi connectivity index (χ1v) is 31.6. The predicted octanol–water partition coefficient (Wildman–Crippen LogP) is 5.18. The van der Waals surface area contributed by atoms with E-state index in [0.29, 0.717) is 110 Å². The molecular weight excluding hydrogens is 1140 g/mol. The van der Waals surface area contributed by atoms with E-state index in [1.165, 1.54) is 13.0 Å². The van der Waals surface area contributed by atoms with Crippen LogP contribution in [0.4, 0.5) is 5.95 Å². The van der Waals surface area contributed by atoms with Crippen molar-refractivity contribution in [1.82, 2.24) is 25.1 Å². The number of ether oxygens (including phenoxy) is 6. The lowest BCUT2D eigenvalue weighted by Gasteiger charge is -2.42. The number of piperidine rings is 1. The number of hydrogen-bond acceptors (Lipinski definition) is 20. The quantitative estimate of drug-likeness (QED) is 0.0559. The van der Waals surface area contributed by atoms with Gasteiger partial charge in [0, 0.05) is 115 Å². The number of nitrogens with two attached hydrogens (primary N) is 1. The Hall–Kier alpha value is -5.37. The van der Waals surface area contributed by atoms with Crippen LogP contribution in [0.15, 0.2) is 60.0 Å². The van der Waals surface area contributed by atoms with Gasteiger partial charge in [-0.1, -0.05) is 64.2 Å². The molecule has 6 rings (SSSR count). The lowest BCUT2D eigenvalue weighted by Crippen LogP contribution is -2.61. The Labute approximate surface area is 519 Å². The molecule has 22 nitrogen and oxygen atoms in total. The van der Waals surface area contributed by atoms with Gasteiger partial charge in [-0.15, -0.1) is 0 Å². The molecule has 87 heavy (non-hydrogen) atoms. The molecule has 2 bridgehead atoms. The number of rotatable bonds is 13. The maximum absolute atomic E-state index is 14.6. The molecular formula is C64H97N7O15S. The number of allylic oxidation sites excluding steroid dienone is 6. The Morgan fingerprint density at radius 3 is 2.29 bits per heavy atom. The van der Waals surface area contributed by atoms with Crippen LogP contribution < -0.4 is 16.0 Å². The number of cyclic esters (lactones) is 1. The molecule has 23 heteroatoms. The molecule has 3 saturated heterocycles. The summed E-state index contributed by atoms with van der Waals surface area (Å²) in [6.45, 7) is 15.9. The summed E-state index contributed by atoms with van der Waals surface area (Å²) in [6, 6.07) is -2.17. The van der Waals surface area contributed by atoms with Crippen LogP contribution in [-0.4, -0.2) is 196 Å². The van der Waals surface area contributed by atoms with Gasteiger partial charge in [0.1, 0.15) is 36.2 Å². The number of ketones is 3. The molecule has 0 aromatic carbocycles. The van der Waals surface area contributed by atoms with Gasteiger partial charge in [-0.05, 0) is 120 Å². The van der Waals surface area contributed by atoms with E-state index in [1.54, 1.807) is 47.4 Å². The second-order valence-corrected chi connectivity index (χ2v) is 24.9. The van der Waals surface area contributed by atoms with E-state index < -0.39 is 108 Å². The second kappa shape index (κ2) is 34.0. The fourth-order valence-electron chi connectivity index (χ4n) is 12.4. The number of methoxy groups -OCH3 is 2. The topological polar surface area (TPSA) is 292 Å². The number of aliphatic hydroxyl groups excluding tert-OH is 2. The largest absolute Gasteiger partial charge is 0.465 e. The van der Waals surface area contributed by atoms with Crippen molar-refractivity contribution in [3.63, 3.8) is 0 Å². The lowest BCUT2D eigenvalue weighted by atomic mass is 9.80. The number of fused-ring (bicyclic) bond motifs is 3. The third-order valence-corrected chi connectivity index (χ3v) is 18.2. The highest BCUT2D eigenvalue weighted by atomic mass is 32.1. The molecule has 0 unspecified atom stereocenters. The Kier molecular flexibility index (Phi) is 27.6. The van der Waals surface area contributed by atoms with Gasteiger partial charge in [0.2, 0.25) is 17.6 Å². The van der Waals surface area contributed by atoms with Crippen LogP contribution in [0.2, 0.25) is 0 Å². The van der Waals surface area contributed by atoms with Gasteiger partial charge < -0.3 is 69.5 Å². The zero-order valence-corrected chi connectivity index (χ0v) is 53.3. The first-order chi connectivity index (χ1) is 41.5. The van der Waals surface area contributed by atoms with E-state index in [1.807, 2.05) is 61.0 Å². The minimum Gasteiger partial charge on any atom is -0.465 e. The van der Waals surface area contributed by atoms with Gasteiger partial charge in [0.05, 0.1) is 31.3 Å². The molecule has 6 N–H and O–H groups in total. The smallest absolute Gasteiger partial charge is 0.329 e. The number of Topliss-reactive ketones (excluding diaryl/α,β-unsaturated/α-hetero) is 3. The minimum atomic E-state index is -2.49. The second-order valence-electron chi connectivity index (χ2n) is 24.5. The van der Waals surface area contributed by atoms with E-state index in [0.717, 1.165) is 16.0 Å². The van der Waals surface area contributed by atoms with Crippen molar-refractivity contribution in [2.45, 2.75) is 199 Å². The number of carbonyl (C=O) groups is 6. The third kappa shape index (κ3) is 19.8. The van der Waals surface area contributed by atoms with E-state index in [9.17, 15) is 44.1 Å². The molecule has 0 spiro atoms. The van der Waals surface area contributed by atoms with Crippen molar-refractivity contribution in [2.75, 3.05) is 65.1 Å². The number of carbonyl (C=O) groups excluding carboxylic acids is 6. The highest BCUT2D eigenvalue weighted by Gasteiger charge is 2.53. The summed E-state index contributed by atoms with van der Waals surface area (Å²) >= 11 is 5.64. The van der Waals surface area contributed by atoms with Gasteiger partial charge in [-0.25, -0.2) is 14.8 Å². The van der Waals surface area contributed by atoms with Crippen LogP contribution in [0.5, 0.6) is 0 Å². The van der Waals surface area contributed by atoms with Gasteiger partial charge in [0.15, 0.2) is 5.78 Å². The van der Waals surface area contributed by atoms with Crippen LogP contribution >= 0.6 is 12.2 Å². The Bertz CT molecular complexity index is 2610. The van der Waals surface area contributed by atoms with E-state index in [2.05, 4.69) is 15.3 Å². The van der Waals surface area contributed by atoms with Gasteiger partial charge in [-0.2, -0.15) is 0 Å². The Morgan fingerprint density at radius 2 is 1.60 bits per heavy atom. The average molecular weight is 1240 g/mol. The fraction of sp³-hybridized carbons (Fsp3) is 0.703. The molecule has 1 aromatic heterocycles. The summed E-state index contributed by atoms with van der Waals surface area (Å²) in [6.07, 6.45) is 12.3. The van der Waals surface area contributed by atoms with Crippen molar-refractivity contribution in [1.29, 1.82) is 0 Å². The summed E-state index contributed by atoms with van der Waals surface area (Å²) in [7, 11) is 3.14. The van der Waals surface area contributed by atoms with Gasteiger partial charge in [0.25, 0.3) is 16.9 Å². The van der Waals surface area contributed by atoms with Crippen molar-refractivity contribution in [3.8, 4) is 0 Å². The number of nitrogens with zero attached hydrogens (tertiary/aromatic N) is 5. The van der Waals surface area contributed by atoms with E-state index >= 15 is 0 Å². The zero-order chi connectivity index (χ0) is 63.5. The van der Waals surface area contributed by atoms with Crippen LogP contribution in [0.3, 0.4) is 0 Å². The summed E-state index contributed by atoms with van der Waals surface area (Å²) in [4.78, 5) is 98.0. The molecule has 1 aromatic rings. The standard InChI is InChI=1S/C64H97N7O15S/c1-10-83-29-23-55(73)69-25-27-70(28-26-69)62-66-36-46(37-67-62)38-68-63(87)85-51-22-20-45(33-54(51)82-9)32-48(65)53-35-50(72)41(4)31-43(6)57(75)58(76)56(74)42(5)30-39(2)16-12-11-13-17-40(3)52(81-8)34-47-21-19-44(7)64(80,86-47)59(77)60(78)71-24-15-14-18-49(71)61(79)84-53/h11-13,16-17,31,36-37,39,41-42,44-45,47-49,51-54,57-58,75-76,80H,10,14-15,18-30,32-35,38,65H2,1-9H3,(H,68,87)/b13-11+,16-12+,40-17+,43-31+/t39-,41-,42-,44-,45+,47+,48-,49+,51-,52+,53+,54-,57-,58+,64-/m1/s1. The molecule has 4 fully saturated rings. The molecule has 5 heterocycles. The fourth-order valence-corrected chi connectivity index (χ4v) is 12.6. The number of esters is 1. The normalized spacial score (nSPS) is 34.1. The summed E-state index contributed by atoms with van der Waals surface area (Å²) in [5, 5.41) is 37.8. The minimum absolute atomic E-state index is 0.0202. The summed E-state index contributed by atoms with van der Waals surface area (Å²) < 4.78 is 35.8. The number of anilines is 1. The van der Waals surface area contributed by atoms with Crippen LogP contribution in [-0.2, 0) is 63.7 Å². The average Bonchev–Trinajstić information content (AvgIpc) is 1.65. The van der Waals surface area contributed by atoms with Crippen LogP contribution in [0.25, 0.3) is 0 Å². The van der Waals surface area contributed by atoms with Crippen LogP contribution in [0, 0.1) is 29.6 Å². The lowest BCUT2D eigenvalue weighted by molar-refractivity contribution is -0.265. The monoisotopic (exact) mass is 1240 g/mol. The van der Waals surface area contributed by atoms with E-state index in [-0.39, 0.29) is 60.7 Å². The highest BCUT2D eigenvalue weighted by molar-refractivity contribution is 7.80. The first-order valence-electron chi connectivity index (χ1n) is 31.2. The van der Waals surface area contributed by atoms with Crippen molar-refractivity contribution in [2.24, 2.45) is 35.3 Å².